The van der Waals surface area contributed by atoms with Crippen molar-refractivity contribution in [1.82, 2.24) is 0 Å². The number of aliphatic hydroxyl groups excluding tert-OH is 1. The zero-order valence-electron chi connectivity index (χ0n) is 11.7. The Labute approximate surface area is 117 Å². The van der Waals surface area contributed by atoms with Gasteiger partial charge in [0.15, 0.2) is 0 Å². The highest BCUT2D eigenvalue weighted by Crippen LogP contribution is 2.20. The molecule has 1 aromatic rings. The fourth-order valence-electron chi connectivity index (χ4n) is 1.53. The van der Waals surface area contributed by atoms with Crippen molar-refractivity contribution >= 4 is 5.97 Å². The molecular weight excluding hydrogens is 264 g/mol. The molecule has 0 aliphatic heterocycles. The first-order valence-electron chi connectivity index (χ1n) is 6.26. The van der Waals surface area contributed by atoms with Crippen molar-refractivity contribution in [1.29, 1.82) is 0 Å². The number of hydrogen-bond donors (Lipinski definition) is 2. The van der Waals surface area contributed by atoms with E-state index in [4.69, 9.17) is 19.3 Å². The first-order chi connectivity index (χ1) is 9.54. The van der Waals surface area contributed by atoms with Crippen LogP contribution in [0.3, 0.4) is 0 Å². The monoisotopic (exact) mass is 284 g/mol. The van der Waals surface area contributed by atoms with Gasteiger partial charge in [0.1, 0.15) is 24.0 Å². The lowest BCUT2D eigenvalue weighted by Gasteiger charge is -2.14. The standard InChI is InChI=1S/C14H20O6/c1-10-3-4-13(12(7-10)14(16)17)20-9-11(15)8-19-6-5-18-2/h3-4,7,11,15H,5-6,8-9H2,1-2H3,(H,16,17). The number of methoxy groups -OCH3 is 1. The molecule has 2 N–H and O–H groups in total. The van der Waals surface area contributed by atoms with E-state index >= 15 is 0 Å². The predicted octanol–water partition coefficient (Wildman–Crippen LogP) is 1.10. The number of carboxylic acid groups (broad SMARTS) is 1. The van der Waals surface area contributed by atoms with Crippen LogP contribution in [0, 0.1) is 6.92 Å². The molecule has 0 spiro atoms. The summed E-state index contributed by atoms with van der Waals surface area (Å²) >= 11 is 0. The van der Waals surface area contributed by atoms with E-state index < -0.39 is 12.1 Å². The van der Waals surface area contributed by atoms with Crippen molar-refractivity contribution in [3.63, 3.8) is 0 Å². The predicted molar refractivity (Wildman–Crippen MR) is 72.3 cm³/mol. The number of aliphatic hydroxyl groups is 1. The third kappa shape index (κ3) is 5.56. The van der Waals surface area contributed by atoms with Gasteiger partial charge in [-0.25, -0.2) is 4.79 Å². The SMILES string of the molecule is COCCOCC(O)COc1ccc(C)cc1C(=O)O. The highest BCUT2D eigenvalue weighted by atomic mass is 16.5. The molecule has 0 aliphatic carbocycles. The van der Waals surface area contributed by atoms with Gasteiger partial charge >= 0.3 is 5.97 Å². The summed E-state index contributed by atoms with van der Waals surface area (Å²) in [6.07, 6.45) is -0.824. The van der Waals surface area contributed by atoms with Crippen LogP contribution >= 0.6 is 0 Å². The molecule has 6 nitrogen and oxygen atoms in total. The highest BCUT2D eigenvalue weighted by molar-refractivity contribution is 5.91. The molecular formula is C14H20O6. The van der Waals surface area contributed by atoms with Crippen LogP contribution in [0.2, 0.25) is 0 Å². The smallest absolute Gasteiger partial charge is 0.339 e. The maximum atomic E-state index is 11.1. The van der Waals surface area contributed by atoms with Crippen LogP contribution in [-0.4, -0.2) is 55.8 Å². The van der Waals surface area contributed by atoms with Gasteiger partial charge in [-0.05, 0) is 19.1 Å². The molecule has 0 saturated heterocycles. The Hall–Kier alpha value is -1.63. The van der Waals surface area contributed by atoms with E-state index in [9.17, 15) is 9.90 Å². The number of aromatic carboxylic acids is 1. The number of rotatable bonds is 9. The molecule has 112 valence electrons. The van der Waals surface area contributed by atoms with Crippen molar-refractivity contribution in [3.8, 4) is 5.75 Å². The van der Waals surface area contributed by atoms with Gasteiger partial charge in [0, 0.05) is 7.11 Å². The topological polar surface area (TPSA) is 85.2 Å². The molecule has 0 heterocycles. The lowest BCUT2D eigenvalue weighted by atomic mass is 10.1. The summed E-state index contributed by atoms with van der Waals surface area (Å²) in [5.41, 5.74) is 0.913. The van der Waals surface area contributed by atoms with E-state index in [1.54, 1.807) is 26.2 Å². The molecule has 0 aliphatic rings. The van der Waals surface area contributed by atoms with E-state index in [0.29, 0.717) is 13.2 Å². The second-order valence-corrected chi connectivity index (χ2v) is 4.34. The van der Waals surface area contributed by atoms with Gasteiger partial charge < -0.3 is 24.4 Å². The molecule has 0 amide bonds. The second kappa shape index (κ2) is 8.52. The molecule has 0 saturated carbocycles. The Morgan fingerprint density at radius 3 is 2.70 bits per heavy atom. The normalized spacial score (nSPS) is 12.2. The molecule has 0 bridgehead atoms. The summed E-state index contributed by atoms with van der Waals surface area (Å²) < 4.78 is 15.3. The van der Waals surface area contributed by atoms with E-state index in [1.165, 1.54) is 6.07 Å². The number of aryl methyl sites for hydroxylation is 1. The van der Waals surface area contributed by atoms with Gasteiger partial charge in [-0.1, -0.05) is 11.6 Å². The average Bonchev–Trinajstić information content (AvgIpc) is 2.42. The average molecular weight is 284 g/mol. The first kappa shape index (κ1) is 16.4. The minimum absolute atomic E-state index is 0.0314. The van der Waals surface area contributed by atoms with Gasteiger partial charge in [0.2, 0.25) is 0 Å². The zero-order valence-corrected chi connectivity index (χ0v) is 11.7. The van der Waals surface area contributed by atoms with E-state index in [2.05, 4.69) is 0 Å². The molecule has 1 atom stereocenters. The quantitative estimate of drug-likeness (QED) is 0.660. The summed E-state index contributed by atoms with van der Waals surface area (Å²) in [5.74, 6) is -0.825. The van der Waals surface area contributed by atoms with Crippen LogP contribution in [0.5, 0.6) is 5.75 Å². The number of carboxylic acids is 1. The molecule has 6 heteroatoms. The molecule has 0 fully saturated rings. The Morgan fingerprint density at radius 2 is 2.05 bits per heavy atom. The van der Waals surface area contributed by atoms with Crippen molar-refractivity contribution in [3.05, 3.63) is 29.3 Å². The van der Waals surface area contributed by atoms with Gasteiger partial charge in [-0.3, -0.25) is 0 Å². The van der Waals surface area contributed by atoms with Crippen LogP contribution < -0.4 is 4.74 Å². The summed E-state index contributed by atoms with van der Waals surface area (Å²) in [7, 11) is 1.56. The van der Waals surface area contributed by atoms with Crippen LogP contribution in [0.15, 0.2) is 18.2 Å². The second-order valence-electron chi connectivity index (χ2n) is 4.34. The number of benzene rings is 1. The summed E-state index contributed by atoms with van der Waals surface area (Å²) in [4.78, 5) is 11.1. The molecule has 0 radical (unpaired) electrons. The van der Waals surface area contributed by atoms with Crippen molar-refractivity contribution in [2.24, 2.45) is 0 Å². The van der Waals surface area contributed by atoms with E-state index in [1.807, 2.05) is 0 Å². The number of carbonyl (C=O) groups is 1. The molecule has 0 aromatic heterocycles. The Kier molecular flexibility index (Phi) is 7.00. The van der Waals surface area contributed by atoms with Crippen LogP contribution in [0.1, 0.15) is 15.9 Å². The fourth-order valence-corrected chi connectivity index (χ4v) is 1.53. The summed E-state index contributed by atoms with van der Waals surface area (Å²) in [6, 6.07) is 4.86. The van der Waals surface area contributed by atoms with Crippen LogP contribution in [0.4, 0.5) is 0 Å². The van der Waals surface area contributed by atoms with Gasteiger partial charge in [-0.15, -0.1) is 0 Å². The van der Waals surface area contributed by atoms with Gasteiger partial charge in [-0.2, -0.15) is 0 Å². The van der Waals surface area contributed by atoms with Crippen LogP contribution in [0.25, 0.3) is 0 Å². The fraction of sp³-hybridized carbons (Fsp3) is 0.500. The lowest BCUT2D eigenvalue weighted by Crippen LogP contribution is -2.24. The van der Waals surface area contributed by atoms with Crippen molar-refractivity contribution in [2.45, 2.75) is 13.0 Å². The third-order valence-corrected chi connectivity index (χ3v) is 2.54. The largest absolute Gasteiger partial charge is 0.490 e. The highest BCUT2D eigenvalue weighted by Gasteiger charge is 2.13. The Bertz CT molecular complexity index is 432. The van der Waals surface area contributed by atoms with Gasteiger partial charge in [0.05, 0.1) is 19.8 Å². The lowest BCUT2D eigenvalue weighted by molar-refractivity contribution is -0.00438. The Balaban J connectivity index is 2.46. The summed E-state index contributed by atoms with van der Waals surface area (Å²) in [6.45, 7) is 2.72. The summed E-state index contributed by atoms with van der Waals surface area (Å²) in [5, 5.41) is 18.7. The number of hydrogen-bond acceptors (Lipinski definition) is 5. The molecule has 1 rings (SSSR count). The Morgan fingerprint density at radius 1 is 1.30 bits per heavy atom. The maximum absolute atomic E-state index is 11.1. The molecule has 1 unspecified atom stereocenters. The van der Waals surface area contributed by atoms with Crippen molar-refractivity contribution < 1.29 is 29.2 Å². The minimum Gasteiger partial charge on any atom is -0.490 e. The minimum atomic E-state index is -1.06. The van der Waals surface area contributed by atoms with Crippen LogP contribution in [-0.2, 0) is 9.47 Å². The van der Waals surface area contributed by atoms with E-state index in [-0.39, 0.29) is 24.5 Å². The third-order valence-electron chi connectivity index (χ3n) is 2.54. The molecule has 20 heavy (non-hydrogen) atoms. The van der Waals surface area contributed by atoms with Crippen molar-refractivity contribution in [2.75, 3.05) is 33.5 Å². The van der Waals surface area contributed by atoms with E-state index in [0.717, 1.165) is 5.56 Å². The molecule has 1 aromatic carbocycles. The van der Waals surface area contributed by atoms with Gasteiger partial charge in [0.25, 0.3) is 0 Å². The number of ether oxygens (including phenoxy) is 3. The zero-order chi connectivity index (χ0) is 15.0. The maximum Gasteiger partial charge on any atom is 0.339 e. The first-order valence-corrected chi connectivity index (χ1v) is 6.26.